The van der Waals surface area contributed by atoms with Crippen LogP contribution in [-0.4, -0.2) is 29.7 Å². The molecule has 1 heterocycles. The van der Waals surface area contributed by atoms with Crippen LogP contribution in [0.2, 0.25) is 10.0 Å². The van der Waals surface area contributed by atoms with Crippen molar-refractivity contribution in [3.63, 3.8) is 0 Å². The Balaban J connectivity index is 1.54. The monoisotopic (exact) mass is 391 g/mol. The number of anilines is 1. The highest BCUT2D eigenvalue weighted by Crippen LogP contribution is 2.19. The average molecular weight is 392 g/mol. The van der Waals surface area contributed by atoms with E-state index in [1.807, 2.05) is 19.2 Å². The van der Waals surface area contributed by atoms with Gasteiger partial charge in [-0.3, -0.25) is 4.79 Å². The van der Waals surface area contributed by atoms with Crippen LogP contribution in [0.4, 0.5) is 5.69 Å². The number of amides is 1. The molecule has 0 saturated carbocycles. The van der Waals surface area contributed by atoms with Crippen molar-refractivity contribution in [1.82, 2.24) is 10.2 Å². The quantitative estimate of drug-likeness (QED) is 0.677. The smallest absolute Gasteiger partial charge is 0.279 e. The van der Waals surface area contributed by atoms with Gasteiger partial charge in [-0.25, -0.2) is 0 Å². The topological polar surface area (TPSA) is 72.5 Å². The molecule has 134 valence electrons. The van der Waals surface area contributed by atoms with Crippen molar-refractivity contribution in [2.75, 3.05) is 18.9 Å². The van der Waals surface area contributed by atoms with Crippen LogP contribution in [0.5, 0.6) is 0 Å². The molecule has 0 radical (unpaired) electrons. The molecule has 0 saturated heterocycles. The lowest BCUT2D eigenvalue weighted by atomic mass is 10.2. The van der Waals surface area contributed by atoms with Crippen molar-refractivity contribution < 1.29 is 14.1 Å². The lowest BCUT2D eigenvalue weighted by Crippen LogP contribution is -3.08. The molecule has 2 N–H and O–H groups in total. The number of carbonyl (C=O) groups is 1. The van der Waals surface area contributed by atoms with Gasteiger partial charge in [-0.1, -0.05) is 23.2 Å². The Morgan fingerprint density at radius 2 is 1.65 bits per heavy atom. The van der Waals surface area contributed by atoms with E-state index in [9.17, 15) is 4.79 Å². The van der Waals surface area contributed by atoms with Crippen LogP contribution < -0.4 is 10.2 Å². The van der Waals surface area contributed by atoms with E-state index in [4.69, 9.17) is 27.6 Å². The molecule has 0 aliphatic heterocycles. The molecule has 0 fully saturated rings. The van der Waals surface area contributed by atoms with Crippen molar-refractivity contribution in [3.05, 3.63) is 64.5 Å². The van der Waals surface area contributed by atoms with E-state index >= 15 is 0 Å². The first kappa shape index (κ1) is 18.4. The van der Waals surface area contributed by atoms with E-state index in [0.29, 0.717) is 34.1 Å². The predicted octanol–water partition coefficient (Wildman–Crippen LogP) is 2.70. The van der Waals surface area contributed by atoms with Crippen LogP contribution >= 0.6 is 23.2 Å². The van der Waals surface area contributed by atoms with Crippen LogP contribution in [0.1, 0.15) is 5.89 Å². The fraction of sp³-hybridized carbons (Fsp3) is 0.167. The average Bonchev–Trinajstić information content (AvgIpc) is 3.05. The predicted molar refractivity (Wildman–Crippen MR) is 100 cm³/mol. The van der Waals surface area contributed by atoms with Gasteiger partial charge in [0, 0.05) is 21.3 Å². The molecular formula is C18H17Cl2N4O2+. The van der Waals surface area contributed by atoms with Crippen LogP contribution in [0.3, 0.4) is 0 Å². The molecule has 0 aliphatic carbocycles. The number of carbonyl (C=O) groups excluding carboxylic acids is 1. The van der Waals surface area contributed by atoms with Crippen LogP contribution in [0, 0.1) is 0 Å². The molecule has 6 nitrogen and oxygen atoms in total. The van der Waals surface area contributed by atoms with Gasteiger partial charge in [0.1, 0.15) is 0 Å². The highest BCUT2D eigenvalue weighted by atomic mass is 35.5. The number of hydrogen-bond acceptors (Lipinski definition) is 4. The van der Waals surface area contributed by atoms with Crippen LogP contribution in [0.25, 0.3) is 11.5 Å². The maximum Gasteiger partial charge on any atom is 0.279 e. The summed E-state index contributed by atoms with van der Waals surface area (Å²) in [4.78, 5) is 13.0. The number of nitrogens with one attached hydrogen (secondary N) is 2. The second-order valence-electron chi connectivity index (χ2n) is 5.87. The number of rotatable bonds is 6. The lowest BCUT2D eigenvalue weighted by molar-refractivity contribution is -0.886. The molecule has 2 aromatic carbocycles. The largest absolute Gasteiger partial charge is 0.415 e. The van der Waals surface area contributed by atoms with Gasteiger partial charge in [0.05, 0.1) is 7.05 Å². The van der Waals surface area contributed by atoms with Gasteiger partial charge in [0.2, 0.25) is 5.89 Å². The van der Waals surface area contributed by atoms with Gasteiger partial charge in [-0.15, -0.1) is 10.2 Å². The Bertz CT molecular complexity index is 879. The molecule has 0 spiro atoms. The lowest BCUT2D eigenvalue weighted by Gasteiger charge is -2.11. The number of aromatic nitrogens is 2. The van der Waals surface area contributed by atoms with Gasteiger partial charge in [-0.05, 0) is 48.5 Å². The third kappa shape index (κ3) is 5.05. The zero-order chi connectivity index (χ0) is 18.5. The normalized spacial score (nSPS) is 12.0. The highest BCUT2D eigenvalue weighted by Gasteiger charge is 2.16. The van der Waals surface area contributed by atoms with Gasteiger partial charge in [0.25, 0.3) is 11.8 Å². The summed E-state index contributed by atoms with van der Waals surface area (Å²) in [7, 11) is 1.88. The fourth-order valence-corrected chi connectivity index (χ4v) is 2.62. The second kappa shape index (κ2) is 8.31. The summed E-state index contributed by atoms with van der Waals surface area (Å²) in [5.41, 5.74) is 1.50. The van der Waals surface area contributed by atoms with Gasteiger partial charge in [-0.2, -0.15) is 0 Å². The number of halogens is 2. The molecule has 1 unspecified atom stereocenters. The van der Waals surface area contributed by atoms with Crippen molar-refractivity contribution in [1.29, 1.82) is 0 Å². The Morgan fingerprint density at radius 3 is 2.31 bits per heavy atom. The first-order chi connectivity index (χ1) is 12.5. The number of nitrogens with zero attached hydrogens (tertiary/aromatic N) is 2. The van der Waals surface area contributed by atoms with Crippen LogP contribution in [0.15, 0.2) is 52.9 Å². The molecule has 1 aromatic heterocycles. The molecule has 3 aromatic rings. The second-order valence-corrected chi connectivity index (χ2v) is 6.75. The number of hydrogen-bond donors (Lipinski definition) is 2. The minimum atomic E-state index is -0.109. The summed E-state index contributed by atoms with van der Waals surface area (Å²) in [5.74, 6) is 0.782. The maximum atomic E-state index is 12.1. The molecule has 8 heteroatoms. The molecular weight excluding hydrogens is 375 g/mol. The van der Waals surface area contributed by atoms with Crippen molar-refractivity contribution >= 4 is 34.8 Å². The number of benzene rings is 2. The Labute approximate surface area is 160 Å². The van der Waals surface area contributed by atoms with E-state index in [1.54, 1.807) is 36.4 Å². The molecule has 1 atom stereocenters. The first-order valence-corrected chi connectivity index (χ1v) is 8.70. The molecule has 26 heavy (non-hydrogen) atoms. The van der Waals surface area contributed by atoms with Crippen molar-refractivity contribution in [3.8, 4) is 11.5 Å². The first-order valence-electron chi connectivity index (χ1n) is 7.94. The van der Waals surface area contributed by atoms with E-state index < -0.39 is 0 Å². The van der Waals surface area contributed by atoms with E-state index in [2.05, 4.69) is 15.5 Å². The minimum Gasteiger partial charge on any atom is -0.415 e. The summed E-state index contributed by atoms with van der Waals surface area (Å²) < 4.78 is 5.66. The van der Waals surface area contributed by atoms with Gasteiger partial charge < -0.3 is 14.6 Å². The molecule has 3 rings (SSSR count). The molecule has 0 bridgehead atoms. The summed E-state index contributed by atoms with van der Waals surface area (Å²) in [5, 5.41) is 12.2. The SMILES string of the molecule is C[NH+](CC(=O)Nc1ccc(Cl)cc1)Cc1nnc(-c2ccc(Cl)cc2)o1. The van der Waals surface area contributed by atoms with Crippen molar-refractivity contribution in [2.24, 2.45) is 0 Å². The molecule has 1 amide bonds. The Kier molecular flexibility index (Phi) is 5.88. The number of likely N-dealkylation sites (N-methyl/N-ethyl adjacent to an activating group) is 1. The summed E-state index contributed by atoms with van der Waals surface area (Å²) in [6.45, 7) is 0.704. The van der Waals surface area contributed by atoms with Crippen molar-refractivity contribution in [2.45, 2.75) is 6.54 Å². The Hall–Kier alpha value is -2.41. The third-order valence-corrected chi connectivity index (χ3v) is 4.11. The van der Waals surface area contributed by atoms with Gasteiger partial charge in [0.15, 0.2) is 13.1 Å². The summed E-state index contributed by atoms with van der Waals surface area (Å²) >= 11 is 11.7. The summed E-state index contributed by atoms with van der Waals surface area (Å²) in [6.07, 6.45) is 0. The van der Waals surface area contributed by atoms with Gasteiger partial charge >= 0.3 is 0 Å². The zero-order valence-electron chi connectivity index (χ0n) is 14.0. The fourth-order valence-electron chi connectivity index (χ4n) is 2.37. The molecule has 0 aliphatic rings. The maximum absolute atomic E-state index is 12.1. The third-order valence-electron chi connectivity index (χ3n) is 3.60. The van der Waals surface area contributed by atoms with Crippen LogP contribution in [-0.2, 0) is 11.3 Å². The Morgan fingerprint density at radius 1 is 1.04 bits per heavy atom. The number of quaternary nitrogens is 1. The van der Waals surface area contributed by atoms with E-state index in [1.165, 1.54) is 0 Å². The minimum absolute atomic E-state index is 0.109. The highest BCUT2D eigenvalue weighted by molar-refractivity contribution is 6.30. The van der Waals surface area contributed by atoms with E-state index in [-0.39, 0.29) is 12.5 Å². The zero-order valence-corrected chi connectivity index (χ0v) is 15.5. The standard InChI is InChI=1S/C18H16Cl2N4O2/c1-24(10-16(25)21-15-8-6-14(20)7-9-15)11-17-22-23-18(26-17)12-2-4-13(19)5-3-12/h2-9H,10-11H2,1H3,(H,21,25)/p+1. The summed E-state index contributed by atoms with van der Waals surface area (Å²) in [6, 6.07) is 14.1. The van der Waals surface area contributed by atoms with E-state index in [0.717, 1.165) is 10.5 Å².